The second-order valence-corrected chi connectivity index (χ2v) is 5.76. The molecular formula is C10H16ClNO4S. The van der Waals surface area contributed by atoms with Gasteiger partial charge in [0.25, 0.3) is 0 Å². The lowest BCUT2D eigenvalue weighted by atomic mass is 10.2. The number of halogens is 1. The minimum absolute atomic E-state index is 0.206. The Morgan fingerprint density at radius 2 is 2.12 bits per heavy atom. The predicted molar refractivity (Wildman–Crippen MR) is 66.0 cm³/mol. The molecule has 1 amide bonds. The number of rotatable bonds is 2. The molecule has 0 bridgehead atoms. The summed E-state index contributed by atoms with van der Waals surface area (Å²) in [5.41, 5.74) is -0.578. The Hall–Kier alpha value is -0.620. The summed E-state index contributed by atoms with van der Waals surface area (Å²) in [6.07, 6.45) is -0.501. The van der Waals surface area contributed by atoms with Gasteiger partial charge in [-0.05, 0) is 20.8 Å². The number of ether oxygens (including phenoxy) is 2. The molecule has 0 N–H and O–H groups in total. The number of carbonyl (C=O) groups excluding carboxylic acids is 2. The molecule has 0 aromatic rings. The second-order valence-electron chi connectivity index (χ2n) is 4.54. The van der Waals surface area contributed by atoms with E-state index >= 15 is 0 Å². The lowest BCUT2D eigenvalue weighted by molar-refractivity contribution is -0.146. The maximum absolute atomic E-state index is 11.8. The molecule has 1 atom stereocenters. The van der Waals surface area contributed by atoms with Gasteiger partial charge in [-0.15, -0.1) is 11.8 Å². The highest BCUT2D eigenvalue weighted by Crippen LogP contribution is 2.24. The zero-order valence-electron chi connectivity index (χ0n) is 10.1. The molecule has 0 aromatic heterocycles. The van der Waals surface area contributed by atoms with Gasteiger partial charge in [-0.2, -0.15) is 0 Å². The van der Waals surface area contributed by atoms with Gasteiger partial charge in [0.15, 0.2) is 6.07 Å². The minimum atomic E-state index is -0.603. The fourth-order valence-corrected chi connectivity index (χ4v) is 2.52. The molecular weight excluding hydrogens is 266 g/mol. The molecule has 0 saturated carbocycles. The summed E-state index contributed by atoms with van der Waals surface area (Å²) in [4.78, 5) is 24.8. The standard InChI is InChI=1S/C10H16ClNO4S/c1-10(2,3)16-9(14)12-6-17-4-7(12)8(13)15-5-11/h7H,4-6H2,1-3H3/t7-/m0/s1. The summed E-state index contributed by atoms with van der Waals surface area (Å²) < 4.78 is 9.91. The van der Waals surface area contributed by atoms with Gasteiger partial charge in [0.1, 0.15) is 11.6 Å². The van der Waals surface area contributed by atoms with Crippen molar-refractivity contribution in [2.75, 3.05) is 17.7 Å². The van der Waals surface area contributed by atoms with Crippen molar-refractivity contribution in [3.63, 3.8) is 0 Å². The summed E-state index contributed by atoms with van der Waals surface area (Å²) in [6.45, 7) is 5.33. The Labute approximate surface area is 110 Å². The number of amides is 1. The van der Waals surface area contributed by atoms with E-state index in [0.29, 0.717) is 11.6 Å². The molecule has 0 aliphatic carbocycles. The van der Waals surface area contributed by atoms with Gasteiger partial charge < -0.3 is 9.47 Å². The maximum atomic E-state index is 11.8. The van der Waals surface area contributed by atoms with Crippen molar-refractivity contribution in [1.29, 1.82) is 0 Å². The topological polar surface area (TPSA) is 55.8 Å². The minimum Gasteiger partial charge on any atom is -0.448 e. The van der Waals surface area contributed by atoms with E-state index in [9.17, 15) is 9.59 Å². The molecule has 98 valence electrons. The number of alkyl halides is 1. The highest BCUT2D eigenvalue weighted by atomic mass is 35.5. The van der Waals surface area contributed by atoms with Crippen LogP contribution in [0.5, 0.6) is 0 Å². The van der Waals surface area contributed by atoms with E-state index in [-0.39, 0.29) is 6.07 Å². The number of thioether (sulfide) groups is 1. The molecule has 1 aliphatic rings. The molecule has 1 saturated heterocycles. The fourth-order valence-electron chi connectivity index (χ4n) is 1.29. The third-order valence-corrected chi connectivity index (χ3v) is 3.10. The van der Waals surface area contributed by atoms with E-state index in [1.165, 1.54) is 16.7 Å². The molecule has 1 fully saturated rings. The first kappa shape index (κ1) is 14.4. The van der Waals surface area contributed by atoms with Crippen molar-refractivity contribution in [3.05, 3.63) is 0 Å². The highest BCUT2D eigenvalue weighted by Gasteiger charge is 2.38. The Morgan fingerprint density at radius 3 is 2.65 bits per heavy atom. The number of hydrogen-bond acceptors (Lipinski definition) is 5. The number of carbonyl (C=O) groups is 2. The van der Waals surface area contributed by atoms with Crippen LogP contribution in [0.1, 0.15) is 20.8 Å². The Balaban J connectivity index is 2.63. The summed E-state index contributed by atoms with van der Waals surface area (Å²) in [5, 5.41) is 0. The van der Waals surface area contributed by atoms with Gasteiger partial charge in [0.05, 0.1) is 5.88 Å². The molecule has 1 rings (SSSR count). The van der Waals surface area contributed by atoms with Crippen molar-refractivity contribution in [2.24, 2.45) is 0 Å². The van der Waals surface area contributed by atoms with Gasteiger partial charge in [-0.3, -0.25) is 4.90 Å². The van der Waals surface area contributed by atoms with Crippen LogP contribution in [0.4, 0.5) is 4.79 Å². The van der Waals surface area contributed by atoms with E-state index in [1.54, 1.807) is 20.8 Å². The Kier molecular flexibility index (Phi) is 4.94. The molecule has 7 heteroatoms. The quantitative estimate of drug-likeness (QED) is 0.573. The smallest absolute Gasteiger partial charge is 0.411 e. The van der Waals surface area contributed by atoms with E-state index in [2.05, 4.69) is 0 Å². The lowest BCUT2D eigenvalue weighted by Gasteiger charge is -2.26. The van der Waals surface area contributed by atoms with Crippen LogP contribution in [0, 0.1) is 0 Å². The van der Waals surface area contributed by atoms with Crippen LogP contribution in [-0.2, 0) is 14.3 Å². The van der Waals surface area contributed by atoms with Crippen molar-refractivity contribution in [2.45, 2.75) is 32.4 Å². The van der Waals surface area contributed by atoms with Gasteiger partial charge in [0, 0.05) is 5.75 Å². The van der Waals surface area contributed by atoms with Crippen molar-refractivity contribution in [1.82, 2.24) is 4.90 Å². The molecule has 5 nitrogen and oxygen atoms in total. The second kappa shape index (κ2) is 5.82. The summed E-state index contributed by atoms with van der Waals surface area (Å²) in [7, 11) is 0. The summed E-state index contributed by atoms with van der Waals surface area (Å²) >= 11 is 6.80. The Morgan fingerprint density at radius 1 is 1.47 bits per heavy atom. The molecule has 1 heterocycles. The number of esters is 1. The largest absolute Gasteiger partial charge is 0.448 e. The van der Waals surface area contributed by atoms with Gasteiger partial charge in [0.2, 0.25) is 0 Å². The third-order valence-electron chi connectivity index (χ3n) is 1.98. The lowest BCUT2D eigenvalue weighted by Crippen LogP contribution is -2.45. The zero-order valence-corrected chi connectivity index (χ0v) is 11.6. The number of nitrogens with zero attached hydrogens (tertiary/aromatic N) is 1. The van der Waals surface area contributed by atoms with Crippen LogP contribution in [0.25, 0.3) is 0 Å². The van der Waals surface area contributed by atoms with E-state index in [1.807, 2.05) is 0 Å². The van der Waals surface area contributed by atoms with E-state index in [0.717, 1.165) is 0 Å². The van der Waals surface area contributed by atoms with Crippen LogP contribution in [-0.4, -0.2) is 46.3 Å². The first-order valence-corrected chi connectivity index (χ1v) is 6.84. The Bertz CT molecular complexity index is 305. The maximum Gasteiger partial charge on any atom is 0.411 e. The fraction of sp³-hybridized carbons (Fsp3) is 0.800. The van der Waals surface area contributed by atoms with E-state index in [4.69, 9.17) is 21.1 Å². The normalized spacial score (nSPS) is 20.2. The first-order chi connectivity index (χ1) is 7.85. The monoisotopic (exact) mass is 281 g/mol. The van der Waals surface area contributed by atoms with Crippen LogP contribution >= 0.6 is 23.4 Å². The molecule has 0 radical (unpaired) electrons. The predicted octanol–water partition coefficient (Wildman–Crippen LogP) is 2.04. The van der Waals surface area contributed by atoms with Crippen LogP contribution in [0.15, 0.2) is 0 Å². The molecule has 1 aliphatic heterocycles. The third kappa shape index (κ3) is 4.27. The van der Waals surface area contributed by atoms with Crippen LogP contribution < -0.4 is 0 Å². The van der Waals surface area contributed by atoms with Crippen LogP contribution in [0.2, 0.25) is 0 Å². The summed E-state index contributed by atoms with van der Waals surface area (Å²) in [5.74, 6) is 0.446. The average Bonchev–Trinajstić information content (AvgIpc) is 2.63. The zero-order chi connectivity index (χ0) is 13.1. The van der Waals surface area contributed by atoms with Crippen LogP contribution in [0.3, 0.4) is 0 Å². The van der Waals surface area contributed by atoms with Gasteiger partial charge in [-0.1, -0.05) is 11.6 Å². The number of hydrogen-bond donors (Lipinski definition) is 0. The SMILES string of the molecule is CC(C)(C)OC(=O)N1CSC[C@H]1C(=O)OCCl. The van der Waals surface area contributed by atoms with Crippen molar-refractivity contribution in [3.8, 4) is 0 Å². The van der Waals surface area contributed by atoms with E-state index < -0.39 is 23.7 Å². The summed E-state index contributed by atoms with van der Waals surface area (Å²) in [6, 6.07) is -0.809. The molecule has 0 unspecified atom stereocenters. The van der Waals surface area contributed by atoms with Gasteiger partial charge in [-0.25, -0.2) is 9.59 Å². The molecule has 0 aromatic carbocycles. The molecule has 17 heavy (non-hydrogen) atoms. The van der Waals surface area contributed by atoms with Crippen molar-refractivity contribution < 1.29 is 19.1 Å². The average molecular weight is 282 g/mol. The van der Waals surface area contributed by atoms with Crippen molar-refractivity contribution >= 4 is 35.4 Å². The first-order valence-electron chi connectivity index (χ1n) is 5.15. The van der Waals surface area contributed by atoms with Gasteiger partial charge >= 0.3 is 12.1 Å². The molecule has 0 spiro atoms. The highest BCUT2D eigenvalue weighted by molar-refractivity contribution is 7.99.